The van der Waals surface area contributed by atoms with Crippen molar-refractivity contribution in [3.05, 3.63) is 48.3 Å². The summed E-state index contributed by atoms with van der Waals surface area (Å²) in [6.45, 7) is 3.95. The molecule has 0 spiro atoms. The molecular formula is C18H19NO3. The molecule has 1 aromatic heterocycles. The second-order valence-electron chi connectivity index (χ2n) is 6.04. The second-order valence-corrected chi connectivity index (χ2v) is 6.04. The number of carboxylic acid groups (broad SMARTS) is 1. The fraction of sp³-hybridized carbons (Fsp3) is 0.333. The van der Waals surface area contributed by atoms with Gasteiger partial charge in [0.15, 0.2) is 0 Å². The molecule has 1 aliphatic carbocycles. The molecule has 4 nitrogen and oxygen atoms in total. The normalized spacial score (nSPS) is 15.6. The summed E-state index contributed by atoms with van der Waals surface area (Å²) in [6.07, 6.45) is 5.03. The molecular weight excluding hydrogens is 278 g/mol. The number of aromatic nitrogens is 1. The standard InChI is InChI=1S/C18H19NO3/c1-12(2)22-16-9-14(10-19-11-16)13-3-5-15(6-4-13)18(7-8-18)17(20)21/h3-6,9-12H,7-8H2,1-2H3,(H,20,21). The molecule has 0 unspecified atom stereocenters. The highest BCUT2D eigenvalue weighted by Gasteiger charge is 2.51. The fourth-order valence-corrected chi connectivity index (χ4v) is 2.65. The summed E-state index contributed by atoms with van der Waals surface area (Å²) in [4.78, 5) is 15.6. The van der Waals surface area contributed by atoms with Gasteiger partial charge in [0, 0.05) is 11.8 Å². The summed E-state index contributed by atoms with van der Waals surface area (Å²) in [5.74, 6) is 0.00928. The van der Waals surface area contributed by atoms with Crippen LogP contribution in [-0.2, 0) is 10.2 Å². The maximum absolute atomic E-state index is 11.4. The van der Waals surface area contributed by atoms with Gasteiger partial charge in [-0.05, 0) is 43.9 Å². The number of aliphatic carboxylic acids is 1. The van der Waals surface area contributed by atoms with Crippen LogP contribution >= 0.6 is 0 Å². The minimum atomic E-state index is -0.728. The first-order chi connectivity index (χ1) is 10.5. The number of rotatable bonds is 5. The molecule has 0 amide bonds. The quantitative estimate of drug-likeness (QED) is 0.915. The number of carboxylic acids is 1. The zero-order valence-electron chi connectivity index (χ0n) is 12.7. The van der Waals surface area contributed by atoms with E-state index in [4.69, 9.17) is 4.74 Å². The Morgan fingerprint density at radius 1 is 1.18 bits per heavy atom. The lowest BCUT2D eigenvalue weighted by Gasteiger charge is -2.12. The van der Waals surface area contributed by atoms with E-state index in [9.17, 15) is 9.90 Å². The molecule has 3 rings (SSSR count). The van der Waals surface area contributed by atoms with Crippen LogP contribution in [0.25, 0.3) is 11.1 Å². The summed E-state index contributed by atoms with van der Waals surface area (Å²) in [6, 6.07) is 9.67. The number of hydrogen-bond donors (Lipinski definition) is 1. The molecule has 0 atom stereocenters. The molecule has 1 aromatic carbocycles. The molecule has 0 saturated heterocycles. The van der Waals surface area contributed by atoms with Crippen LogP contribution in [0.2, 0.25) is 0 Å². The predicted octanol–water partition coefficient (Wildman–Crippen LogP) is 3.65. The minimum Gasteiger partial charge on any atom is -0.489 e. The van der Waals surface area contributed by atoms with Crippen LogP contribution in [0.15, 0.2) is 42.7 Å². The van der Waals surface area contributed by atoms with Crippen LogP contribution in [0.4, 0.5) is 0 Å². The van der Waals surface area contributed by atoms with Crippen molar-refractivity contribution < 1.29 is 14.6 Å². The van der Waals surface area contributed by atoms with E-state index in [2.05, 4.69) is 4.98 Å². The molecule has 114 valence electrons. The van der Waals surface area contributed by atoms with Gasteiger partial charge in [0.1, 0.15) is 5.75 Å². The first-order valence-corrected chi connectivity index (χ1v) is 7.47. The lowest BCUT2D eigenvalue weighted by atomic mass is 9.94. The second kappa shape index (κ2) is 5.44. The maximum atomic E-state index is 11.4. The monoisotopic (exact) mass is 297 g/mol. The van der Waals surface area contributed by atoms with Crippen LogP contribution < -0.4 is 4.74 Å². The van der Waals surface area contributed by atoms with Gasteiger partial charge >= 0.3 is 5.97 Å². The number of pyridine rings is 1. The first-order valence-electron chi connectivity index (χ1n) is 7.47. The van der Waals surface area contributed by atoms with Crippen molar-refractivity contribution in [3.8, 4) is 16.9 Å². The minimum absolute atomic E-state index is 0.102. The molecule has 1 N–H and O–H groups in total. The van der Waals surface area contributed by atoms with E-state index in [-0.39, 0.29) is 6.10 Å². The van der Waals surface area contributed by atoms with Crippen molar-refractivity contribution in [2.45, 2.75) is 38.2 Å². The molecule has 1 saturated carbocycles. The smallest absolute Gasteiger partial charge is 0.314 e. The number of ether oxygens (including phenoxy) is 1. The van der Waals surface area contributed by atoms with Crippen molar-refractivity contribution in [2.24, 2.45) is 0 Å². The molecule has 22 heavy (non-hydrogen) atoms. The highest BCUT2D eigenvalue weighted by molar-refractivity contribution is 5.85. The van der Waals surface area contributed by atoms with Crippen molar-refractivity contribution in [1.82, 2.24) is 4.98 Å². The summed E-state index contributed by atoms with van der Waals surface area (Å²) in [7, 11) is 0. The van der Waals surface area contributed by atoms with E-state index in [0.717, 1.165) is 35.3 Å². The van der Waals surface area contributed by atoms with E-state index in [1.807, 2.05) is 44.2 Å². The van der Waals surface area contributed by atoms with E-state index < -0.39 is 11.4 Å². The Hall–Kier alpha value is -2.36. The van der Waals surface area contributed by atoms with Gasteiger partial charge in [-0.3, -0.25) is 9.78 Å². The molecule has 0 aliphatic heterocycles. The van der Waals surface area contributed by atoms with Gasteiger partial charge in [-0.15, -0.1) is 0 Å². The summed E-state index contributed by atoms with van der Waals surface area (Å²) in [5.41, 5.74) is 2.20. The average molecular weight is 297 g/mol. The molecule has 0 radical (unpaired) electrons. The van der Waals surface area contributed by atoms with Crippen molar-refractivity contribution >= 4 is 5.97 Å². The Bertz CT molecular complexity index is 688. The lowest BCUT2D eigenvalue weighted by molar-refractivity contribution is -0.140. The first kappa shape index (κ1) is 14.6. The zero-order valence-corrected chi connectivity index (χ0v) is 12.7. The van der Waals surface area contributed by atoms with Gasteiger partial charge in [-0.25, -0.2) is 0 Å². The average Bonchev–Trinajstić information content (AvgIpc) is 3.29. The number of carbonyl (C=O) groups is 1. The highest BCUT2D eigenvalue weighted by atomic mass is 16.5. The summed E-state index contributed by atoms with van der Waals surface area (Å²) >= 11 is 0. The van der Waals surface area contributed by atoms with Crippen LogP contribution in [0.3, 0.4) is 0 Å². The van der Waals surface area contributed by atoms with Crippen molar-refractivity contribution in [3.63, 3.8) is 0 Å². The summed E-state index contributed by atoms with van der Waals surface area (Å²) in [5, 5.41) is 9.34. The Morgan fingerprint density at radius 3 is 2.41 bits per heavy atom. The Kier molecular flexibility index (Phi) is 3.61. The number of benzene rings is 1. The maximum Gasteiger partial charge on any atom is 0.314 e. The van der Waals surface area contributed by atoms with E-state index in [1.165, 1.54) is 0 Å². The van der Waals surface area contributed by atoms with Crippen LogP contribution in [0.1, 0.15) is 32.3 Å². The van der Waals surface area contributed by atoms with Gasteiger partial charge < -0.3 is 9.84 Å². The molecule has 0 bridgehead atoms. The topological polar surface area (TPSA) is 59.4 Å². The fourth-order valence-electron chi connectivity index (χ4n) is 2.65. The Labute approximate surface area is 129 Å². The number of hydrogen-bond acceptors (Lipinski definition) is 3. The van der Waals surface area contributed by atoms with Gasteiger partial charge in [0.2, 0.25) is 0 Å². The third kappa shape index (κ3) is 2.69. The van der Waals surface area contributed by atoms with Crippen LogP contribution in [-0.4, -0.2) is 22.2 Å². The number of nitrogens with zero attached hydrogens (tertiary/aromatic N) is 1. The van der Waals surface area contributed by atoms with Crippen molar-refractivity contribution in [2.75, 3.05) is 0 Å². The van der Waals surface area contributed by atoms with Crippen LogP contribution in [0.5, 0.6) is 5.75 Å². The predicted molar refractivity (Wildman–Crippen MR) is 84.0 cm³/mol. The summed E-state index contributed by atoms with van der Waals surface area (Å²) < 4.78 is 5.66. The van der Waals surface area contributed by atoms with E-state index >= 15 is 0 Å². The Balaban J connectivity index is 1.86. The third-order valence-electron chi connectivity index (χ3n) is 4.02. The lowest BCUT2D eigenvalue weighted by Crippen LogP contribution is -2.19. The zero-order chi connectivity index (χ0) is 15.7. The van der Waals surface area contributed by atoms with Gasteiger partial charge in [-0.2, -0.15) is 0 Å². The molecule has 1 aliphatic rings. The Morgan fingerprint density at radius 2 is 1.86 bits per heavy atom. The third-order valence-corrected chi connectivity index (χ3v) is 4.02. The highest BCUT2D eigenvalue weighted by Crippen LogP contribution is 2.48. The molecule has 1 fully saturated rings. The van der Waals surface area contributed by atoms with Gasteiger partial charge in [0.25, 0.3) is 0 Å². The van der Waals surface area contributed by atoms with E-state index in [0.29, 0.717) is 0 Å². The molecule has 2 aromatic rings. The SMILES string of the molecule is CC(C)Oc1cncc(-c2ccc(C3(C(=O)O)CC3)cc2)c1. The molecule has 1 heterocycles. The molecule has 4 heteroatoms. The van der Waals surface area contributed by atoms with Gasteiger partial charge in [0.05, 0.1) is 17.7 Å². The largest absolute Gasteiger partial charge is 0.489 e. The van der Waals surface area contributed by atoms with Gasteiger partial charge in [-0.1, -0.05) is 24.3 Å². The van der Waals surface area contributed by atoms with Crippen molar-refractivity contribution in [1.29, 1.82) is 0 Å². The van der Waals surface area contributed by atoms with Crippen LogP contribution in [0, 0.1) is 0 Å². The van der Waals surface area contributed by atoms with E-state index in [1.54, 1.807) is 12.4 Å².